The van der Waals surface area contributed by atoms with Gasteiger partial charge in [0, 0.05) is 13.0 Å². The molecule has 148 valence electrons. The van der Waals surface area contributed by atoms with Crippen molar-refractivity contribution in [3.8, 4) is 0 Å². The number of carbonyl (C=O) groups excluding carboxylic acids is 1. The summed E-state index contributed by atoms with van der Waals surface area (Å²) >= 11 is 0. The van der Waals surface area contributed by atoms with Gasteiger partial charge < -0.3 is 16.2 Å². The quantitative estimate of drug-likeness (QED) is 0.141. The van der Waals surface area contributed by atoms with E-state index in [1.54, 1.807) is 0 Å². The van der Waals surface area contributed by atoms with E-state index in [4.69, 9.17) is 31.7 Å². The number of aliphatic carboxylic acids is 1. The van der Waals surface area contributed by atoms with E-state index < -0.39 is 35.5 Å². The summed E-state index contributed by atoms with van der Waals surface area (Å²) in [4.78, 5) is 31.0. The maximum Gasteiger partial charge on any atom is 0.320 e. The van der Waals surface area contributed by atoms with Crippen LogP contribution in [0, 0.1) is 0 Å². The van der Waals surface area contributed by atoms with E-state index in [9.17, 15) is 9.59 Å². The monoisotopic (exact) mass is 370 g/mol. The minimum absolute atomic E-state index is 0.132. The molecule has 0 aromatic rings. The number of nitrogens with two attached hydrogens (primary N) is 1. The van der Waals surface area contributed by atoms with Crippen LogP contribution in [0.3, 0.4) is 0 Å². The van der Waals surface area contributed by atoms with Gasteiger partial charge in [0.1, 0.15) is 18.8 Å². The second-order valence-corrected chi connectivity index (χ2v) is 5.21. The highest BCUT2D eigenvalue weighted by molar-refractivity contribution is 5.75. The third-order valence-electron chi connectivity index (χ3n) is 3.13. The average Bonchev–Trinajstić information content (AvgIpc) is 2.51. The molecule has 25 heavy (non-hydrogen) atoms. The van der Waals surface area contributed by atoms with E-state index in [1.807, 2.05) is 0 Å². The number of hydrogen-bond acceptors (Lipinski definition) is 11. The van der Waals surface area contributed by atoms with Gasteiger partial charge in [0.2, 0.25) is 5.91 Å². The van der Waals surface area contributed by atoms with E-state index >= 15 is 0 Å². The van der Waals surface area contributed by atoms with Gasteiger partial charge in [0.15, 0.2) is 0 Å². The van der Waals surface area contributed by atoms with Crippen LogP contribution in [-0.4, -0.2) is 73.9 Å². The van der Waals surface area contributed by atoms with Gasteiger partial charge in [-0.15, -0.1) is 0 Å². The molecule has 0 aliphatic rings. The minimum atomic E-state index is -1.06. The fourth-order valence-corrected chi connectivity index (χ4v) is 1.87. The summed E-state index contributed by atoms with van der Waals surface area (Å²) < 4.78 is 0. The van der Waals surface area contributed by atoms with Crippen LogP contribution < -0.4 is 11.1 Å². The maximum atomic E-state index is 11.6. The summed E-state index contributed by atoms with van der Waals surface area (Å²) in [5, 5.41) is 44.2. The van der Waals surface area contributed by atoms with Crippen molar-refractivity contribution in [1.82, 2.24) is 16.1 Å². The molecule has 13 heteroatoms. The van der Waals surface area contributed by atoms with Crippen LogP contribution in [0.1, 0.15) is 38.5 Å². The van der Waals surface area contributed by atoms with Crippen LogP contribution in [0.15, 0.2) is 0 Å². The molecule has 0 aliphatic heterocycles. The summed E-state index contributed by atoms with van der Waals surface area (Å²) in [5.41, 5.74) is 5.35. The first-order valence-corrected chi connectivity index (χ1v) is 7.63. The molecular weight excluding hydrogens is 344 g/mol. The zero-order valence-electron chi connectivity index (χ0n) is 13.7. The van der Waals surface area contributed by atoms with Crippen molar-refractivity contribution >= 4 is 11.9 Å². The third kappa shape index (κ3) is 14.6. The Balaban J connectivity index is 3.82. The Hall–Kier alpha value is -1.42. The lowest BCUT2D eigenvalue weighted by molar-refractivity contribution is -0.527. The van der Waals surface area contributed by atoms with Crippen molar-refractivity contribution in [2.45, 2.75) is 50.7 Å². The zero-order valence-corrected chi connectivity index (χ0v) is 13.7. The Morgan fingerprint density at radius 2 is 1.72 bits per heavy atom. The summed E-state index contributed by atoms with van der Waals surface area (Å²) in [6.07, 6.45) is 1.19. The number of carboxylic acid groups (broad SMARTS) is 1. The van der Waals surface area contributed by atoms with E-state index in [0.717, 1.165) is 0 Å². The Kier molecular flexibility index (Phi) is 13.0. The molecule has 0 saturated carbocycles. The number of carbonyl (C=O) groups is 2. The number of unbranched alkanes of at least 4 members (excludes halogenated alkanes) is 1. The largest absolute Gasteiger partial charge is 0.480 e. The van der Waals surface area contributed by atoms with E-state index in [-0.39, 0.29) is 18.7 Å². The van der Waals surface area contributed by atoms with E-state index in [1.165, 1.54) is 0 Å². The van der Waals surface area contributed by atoms with Crippen LogP contribution in [0.25, 0.3) is 0 Å². The van der Waals surface area contributed by atoms with Crippen LogP contribution in [0.4, 0.5) is 0 Å². The molecule has 0 spiro atoms. The van der Waals surface area contributed by atoms with Crippen molar-refractivity contribution in [2.75, 3.05) is 13.2 Å². The molecule has 8 N–H and O–H groups in total. The smallest absolute Gasteiger partial charge is 0.320 e. The minimum Gasteiger partial charge on any atom is -0.480 e. The molecule has 13 nitrogen and oxygen atoms in total. The highest BCUT2D eigenvalue weighted by atomic mass is 17.1. The molecule has 0 aromatic heterocycles. The summed E-state index contributed by atoms with van der Waals surface area (Å²) in [6.45, 7) is -0.00464. The molecule has 2 unspecified atom stereocenters. The number of hydrogen-bond donors (Lipinski definition) is 7. The first-order chi connectivity index (χ1) is 11.7. The normalized spacial score (nSPS) is 13.9. The predicted molar refractivity (Wildman–Crippen MR) is 78.0 cm³/mol. The molecule has 0 fully saturated rings. The van der Waals surface area contributed by atoms with Crippen LogP contribution in [0.5, 0.6) is 0 Å². The molecule has 0 radical (unpaired) electrons. The Bertz CT molecular complexity index is 384. The first-order valence-electron chi connectivity index (χ1n) is 7.63. The molecule has 2 atom stereocenters. The summed E-state index contributed by atoms with van der Waals surface area (Å²) in [7, 11) is 0. The third-order valence-corrected chi connectivity index (χ3v) is 3.13. The number of amides is 1. The van der Waals surface area contributed by atoms with Crippen LogP contribution >= 0.6 is 0 Å². The molecule has 1 amide bonds. The van der Waals surface area contributed by atoms with Gasteiger partial charge in [-0.2, -0.15) is 0 Å². The van der Waals surface area contributed by atoms with Gasteiger partial charge in [-0.05, 0) is 32.1 Å². The lowest BCUT2D eigenvalue weighted by Crippen LogP contribution is -2.31. The predicted octanol–water partition coefficient (Wildman–Crippen LogP) is -0.752. The Morgan fingerprint density at radius 1 is 1.04 bits per heavy atom. The average molecular weight is 370 g/mol. The topological polar surface area (TPSA) is 198 Å². The van der Waals surface area contributed by atoms with Gasteiger partial charge in [0.25, 0.3) is 0 Å². The fourth-order valence-electron chi connectivity index (χ4n) is 1.87. The highest BCUT2D eigenvalue weighted by Crippen LogP contribution is 2.07. The number of carboxylic acids is 1. The standard InChI is InChI=1S/C12H26N4O9/c13-10(12(18)19)5-1-2-7-14-11(17)6-3-4-9(25-16(22)23)8-24-15(20)21/h9-10,20-23H,1-8,13H2,(H,14,17)(H,18,19). The second kappa shape index (κ2) is 13.8. The lowest BCUT2D eigenvalue weighted by Gasteiger charge is -2.18. The van der Waals surface area contributed by atoms with Crippen LogP contribution in [-0.2, 0) is 19.3 Å². The summed E-state index contributed by atoms with van der Waals surface area (Å²) in [5.74, 6) is -1.29. The van der Waals surface area contributed by atoms with Crippen molar-refractivity contribution in [1.29, 1.82) is 0 Å². The molecule has 0 rings (SSSR count). The molecule has 0 aromatic carbocycles. The molecule has 0 saturated heterocycles. The van der Waals surface area contributed by atoms with E-state index in [2.05, 4.69) is 15.0 Å². The summed E-state index contributed by atoms with van der Waals surface area (Å²) in [6, 6.07) is -0.902. The van der Waals surface area contributed by atoms with Crippen molar-refractivity contribution in [3.63, 3.8) is 0 Å². The second-order valence-electron chi connectivity index (χ2n) is 5.21. The molecule has 0 aliphatic carbocycles. The number of nitrogens with one attached hydrogen (secondary N) is 1. The zero-order chi connectivity index (χ0) is 19.2. The molecular formula is C12H26N4O9. The van der Waals surface area contributed by atoms with Crippen LogP contribution in [0.2, 0.25) is 0 Å². The maximum absolute atomic E-state index is 11.6. The highest BCUT2D eigenvalue weighted by Gasteiger charge is 2.16. The van der Waals surface area contributed by atoms with Gasteiger partial charge in [-0.1, -0.05) is 0 Å². The van der Waals surface area contributed by atoms with Gasteiger partial charge >= 0.3 is 5.97 Å². The van der Waals surface area contributed by atoms with Crippen molar-refractivity contribution < 1.29 is 45.2 Å². The lowest BCUT2D eigenvalue weighted by atomic mass is 10.1. The number of nitrogens with zero attached hydrogens (tertiary/aromatic N) is 2. The SMILES string of the molecule is NC(CCCCNC(=O)CCCC(CON(O)O)ON(O)O)C(=O)O. The van der Waals surface area contributed by atoms with Crippen molar-refractivity contribution in [3.05, 3.63) is 0 Å². The van der Waals surface area contributed by atoms with Gasteiger partial charge in [-0.25, -0.2) is 9.68 Å². The van der Waals surface area contributed by atoms with Crippen molar-refractivity contribution in [2.24, 2.45) is 5.73 Å². The Morgan fingerprint density at radius 3 is 2.28 bits per heavy atom. The van der Waals surface area contributed by atoms with Gasteiger partial charge in [0.05, 0.1) is 10.8 Å². The molecule has 0 bridgehead atoms. The molecule has 0 heterocycles. The first kappa shape index (κ1) is 23.6. The fraction of sp³-hybridized carbons (Fsp3) is 0.833. The van der Waals surface area contributed by atoms with E-state index in [0.29, 0.717) is 32.2 Å². The Labute approximate surface area is 143 Å². The van der Waals surface area contributed by atoms with Gasteiger partial charge in [-0.3, -0.25) is 30.4 Å². The number of rotatable bonds is 15.